The summed E-state index contributed by atoms with van der Waals surface area (Å²) in [7, 11) is 0. The van der Waals surface area contributed by atoms with Gasteiger partial charge in [-0.1, -0.05) is 0 Å². The maximum absolute atomic E-state index is 5.68. The molecule has 0 aliphatic heterocycles. The van der Waals surface area contributed by atoms with Gasteiger partial charge in [0.1, 0.15) is 0 Å². The summed E-state index contributed by atoms with van der Waals surface area (Å²) in [5.74, 6) is 0. The first-order chi connectivity index (χ1) is 5.00. The predicted octanol–water partition coefficient (Wildman–Crippen LogP) is 1.73. The van der Waals surface area contributed by atoms with E-state index >= 15 is 0 Å². The fourth-order valence-corrected chi connectivity index (χ4v) is 1.20. The molecule has 0 radical (unpaired) electrons. The third-order valence-electron chi connectivity index (χ3n) is 1.87. The SMILES string of the molecule is C[C-]=C(C)C(C)=C(C)[C](N)=[W]. The van der Waals surface area contributed by atoms with Gasteiger partial charge < -0.3 is 0 Å². The van der Waals surface area contributed by atoms with Crippen molar-refractivity contribution in [3.63, 3.8) is 0 Å². The molecular formula is C9H14NW-. The predicted molar refractivity (Wildman–Crippen MR) is 45.7 cm³/mol. The van der Waals surface area contributed by atoms with Crippen molar-refractivity contribution in [2.24, 2.45) is 5.73 Å². The molecule has 0 saturated carbocycles. The second-order valence-electron chi connectivity index (χ2n) is 2.49. The van der Waals surface area contributed by atoms with Gasteiger partial charge in [-0.25, -0.2) is 0 Å². The van der Waals surface area contributed by atoms with E-state index in [2.05, 4.69) is 26.8 Å². The molecule has 0 spiro atoms. The minimum absolute atomic E-state index is 0.970. The molecule has 0 unspecified atom stereocenters. The van der Waals surface area contributed by atoms with Gasteiger partial charge in [0.05, 0.1) is 0 Å². The van der Waals surface area contributed by atoms with Gasteiger partial charge in [0, 0.05) is 0 Å². The fraction of sp³-hybridized carbons (Fsp3) is 0.444. The van der Waals surface area contributed by atoms with Gasteiger partial charge in [-0.2, -0.15) is 0 Å². The van der Waals surface area contributed by atoms with Crippen LogP contribution in [-0.2, 0) is 19.4 Å². The van der Waals surface area contributed by atoms with Crippen molar-refractivity contribution < 1.29 is 19.4 Å². The average Bonchev–Trinajstić information content (AvgIpc) is 2.00. The quantitative estimate of drug-likeness (QED) is 0.609. The van der Waals surface area contributed by atoms with Crippen molar-refractivity contribution in [3.05, 3.63) is 22.8 Å². The number of allylic oxidation sites excluding steroid dienone is 3. The van der Waals surface area contributed by atoms with Crippen LogP contribution in [0.2, 0.25) is 0 Å². The standard InChI is InChI=1S/C9H14N.W/c1-5-7(2)9(4)8(3)6-10;/h10H2,1-4H3;/q-1;. The molecule has 0 aliphatic carbocycles. The molecule has 2 N–H and O–H groups in total. The number of rotatable bonds is 2. The molecule has 62 valence electrons. The van der Waals surface area contributed by atoms with E-state index in [1.165, 1.54) is 36.1 Å². The first-order valence-corrected chi connectivity index (χ1v) is 4.96. The molecule has 0 fully saturated rings. The van der Waals surface area contributed by atoms with Gasteiger partial charge in [-0.05, 0) is 0 Å². The zero-order valence-corrected chi connectivity index (χ0v) is 10.4. The number of hydrogen-bond donors (Lipinski definition) is 1. The van der Waals surface area contributed by atoms with Crippen molar-refractivity contribution in [2.45, 2.75) is 27.7 Å². The molecule has 0 heterocycles. The van der Waals surface area contributed by atoms with E-state index < -0.39 is 0 Å². The Balaban J connectivity index is 4.81. The van der Waals surface area contributed by atoms with E-state index in [4.69, 9.17) is 5.73 Å². The minimum atomic E-state index is 0.970. The summed E-state index contributed by atoms with van der Waals surface area (Å²) in [6, 6.07) is 0. The average molecular weight is 320 g/mol. The molecule has 0 aromatic rings. The van der Waals surface area contributed by atoms with Crippen LogP contribution in [0.1, 0.15) is 27.7 Å². The second kappa shape index (κ2) is 4.79. The first-order valence-electron chi connectivity index (χ1n) is 3.49. The normalized spacial score (nSPS) is 14.5. The molecule has 0 bridgehead atoms. The molecule has 2 heteroatoms. The van der Waals surface area contributed by atoms with Crippen LogP contribution < -0.4 is 5.73 Å². The summed E-state index contributed by atoms with van der Waals surface area (Å²) in [4.78, 5) is 0. The topological polar surface area (TPSA) is 26.0 Å². The molecule has 0 amide bonds. The number of hydrogen-bond acceptors (Lipinski definition) is 1. The van der Waals surface area contributed by atoms with Gasteiger partial charge >= 0.3 is 79.6 Å². The van der Waals surface area contributed by atoms with Gasteiger partial charge in [0.2, 0.25) is 0 Å². The molecular weight excluding hydrogens is 306 g/mol. The third-order valence-corrected chi connectivity index (χ3v) is 2.97. The summed E-state index contributed by atoms with van der Waals surface area (Å²) < 4.78 is 0.970. The molecule has 0 saturated heterocycles. The number of nitrogens with two attached hydrogens (primary N) is 1. The van der Waals surface area contributed by atoms with Crippen molar-refractivity contribution in [2.75, 3.05) is 0 Å². The molecule has 1 nitrogen and oxygen atoms in total. The van der Waals surface area contributed by atoms with Gasteiger partial charge in [0.15, 0.2) is 0 Å². The summed E-state index contributed by atoms with van der Waals surface area (Å²) in [6.45, 7) is 8.11. The Morgan fingerprint density at radius 2 is 1.64 bits per heavy atom. The van der Waals surface area contributed by atoms with Crippen LogP contribution in [0, 0.1) is 6.08 Å². The fourth-order valence-electron chi connectivity index (χ4n) is 0.654. The van der Waals surface area contributed by atoms with Crippen LogP contribution in [0.25, 0.3) is 0 Å². The van der Waals surface area contributed by atoms with E-state index in [-0.39, 0.29) is 0 Å². The second-order valence-corrected chi connectivity index (χ2v) is 4.07. The van der Waals surface area contributed by atoms with Gasteiger partial charge in [-0.15, -0.1) is 0 Å². The molecule has 0 aromatic carbocycles. The molecule has 0 atom stereocenters. The Hall–Kier alpha value is -0.00169. The van der Waals surface area contributed by atoms with Crippen LogP contribution >= 0.6 is 0 Å². The molecule has 0 rings (SSSR count). The Kier molecular flexibility index (Phi) is 4.79. The summed E-state index contributed by atoms with van der Waals surface area (Å²) >= 11 is 1.33. The van der Waals surface area contributed by atoms with Crippen LogP contribution in [0.4, 0.5) is 0 Å². The summed E-state index contributed by atoms with van der Waals surface area (Å²) in [5, 5.41) is 0. The Morgan fingerprint density at radius 3 is 1.91 bits per heavy atom. The van der Waals surface area contributed by atoms with Crippen LogP contribution in [0.15, 0.2) is 16.7 Å². The zero-order chi connectivity index (χ0) is 9.02. The van der Waals surface area contributed by atoms with E-state index in [0.717, 1.165) is 4.02 Å². The van der Waals surface area contributed by atoms with Crippen molar-refractivity contribution in [1.82, 2.24) is 0 Å². The maximum atomic E-state index is 5.68. The monoisotopic (exact) mass is 320 g/mol. The van der Waals surface area contributed by atoms with Crippen molar-refractivity contribution >= 4 is 4.02 Å². The zero-order valence-electron chi connectivity index (χ0n) is 7.49. The van der Waals surface area contributed by atoms with E-state index in [9.17, 15) is 0 Å². The van der Waals surface area contributed by atoms with E-state index in [0.29, 0.717) is 0 Å². The van der Waals surface area contributed by atoms with E-state index in [1.54, 1.807) is 0 Å². The van der Waals surface area contributed by atoms with E-state index in [1.807, 2.05) is 6.92 Å². The van der Waals surface area contributed by atoms with Gasteiger partial charge in [-0.3, -0.25) is 0 Å². The summed E-state index contributed by atoms with van der Waals surface area (Å²) in [5.41, 5.74) is 9.32. The molecule has 0 aliphatic rings. The van der Waals surface area contributed by atoms with Gasteiger partial charge in [0.25, 0.3) is 0 Å². The van der Waals surface area contributed by atoms with Crippen molar-refractivity contribution in [1.29, 1.82) is 0 Å². The summed E-state index contributed by atoms with van der Waals surface area (Å²) in [6.07, 6.45) is 3.10. The first kappa shape index (κ1) is 11.0. The molecule has 11 heavy (non-hydrogen) atoms. The third kappa shape index (κ3) is 3.26. The van der Waals surface area contributed by atoms with Crippen LogP contribution in [-0.4, -0.2) is 4.02 Å². The van der Waals surface area contributed by atoms with Crippen LogP contribution in [0.5, 0.6) is 0 Å². The Bertz CT molecular complexity index is 224. The van der Waals surface area contributed by atoms with Crippen LogP contribution in [0.3, 0.4) is 0 Å². The van der Waals surface area contributed by atoms with Crippen molar-refractivity contribution in [3.8, 4) is 0 Å². The molecule has 0 aromatic heterocycles. The Morgan fingerprint density at radius 1 is 1.18 bits per heavy atom. The Labute approximate surface area is 79.8 Å².